The van der Waals surface area contributed by atoms with Gasteiger partial charge in [-0.05, 0) is 49.6 Å². The number of para-hydroxylation sites is 1. The molecule has 1 atom stereocenters. The molecule has 1 N–H and O–H groups in total. The van der Waals surface area contributed by atoms with Crippen LogP contribution in [0, 0.1) is 12.8 Å². The maximum Gasteiger partial charge on any atom is 0.264 e. The lowest BCUT2D eigenvalue weighted by molar-refractivity contribution is -0.139. The van der Waals surface area contributed by atoms with Crippen molar-refractivity contribution in [2.75, 3.05) is 17.4 Å². The van der Waals surface area contributed by atoms with Crippen LogP contribution in [0.2, 0.25) is 5.02 Å². The van der Waals surface area contributed by atoms with Crippen molar-refractivity contribution in [2.24, 2.45) is 5.92 Å². The minimum atomic E-state index is -4.15. The van der Waals surface area contributed by atoms with Crippen molar-refractivity contribution < 1.29 is 18.0 Å². The number of halogens is 1. The Balaban J connectivity index is 2.01. The molecular weight excluding hydrogens is 522 g/mol. The van der Waals surface area contributed by atoms with Gasteiger partial charge in [0.05, 0.1) is 15.6 Å². The first kappa shape index (κ1) is 29.2. The number of hydrogen-bond donors (Lipinski definition) is 1. The summed E-state index contributed by atoms with van der Waals surface area (Å²) in [5.74, 6) is -0.605. The fraction of sp³-hybridized carbons (Fsp3) is 0.310. The van der Waals surface area contributed by atoms with Crippen molar-refractivity contribution in [2.45, 2.75) is 45.2 Å². The van der Waals surface area contributed by atoms with E-state index in [1.807, 2.05) is 45.0 Å². The zero-order valence-corrected chi connectivity index (χ0v) is 23.7. The molecule has 0 aliphatic carbocycles. The molecule has 0 saturated heterocycles. The summed E-state index contributed by atoms with van der Waals surface area (Å²) in [6.45, 7) is 7.62. The van der Waals surface area contributed by atoms with E-state index in [2.05, 4.69) is 5.32 Å². The number of benzene rings is 3. The first-order valence-electron chi connectivity index (χ1n) is 12.5. The number of nitrogens with one attached hydrogen (secondary N) is 1. The summed E-state index contributed by atoms with van der Waals surface area (Å²) >= 11 is 6.41. The van der Waals surface area contributed by atoms with Gasteiger partial charge in [-0.3, -0.25) is 13.9 Å². The second-order valence-corrected chi connectivity index (χ2v) is 11.9. The number of carbonyl (C=O) groups is 2. The maximum absolute atomic E-state index is 13.9. The van der Waals surface area contributed by atoms with Crippen molar-refractivity contribution in [1.29, 1.82) is 0 Å². The summed E-state index contributed by atoms with van der Waals surface area (Å²) in [6.07, 6.45) is 0. The zero-order valence-electron chi connectivity index (χ0n) is 22.1. The number of aryl methyl sites for hydroxylation is 1. The van der Waals surface area contributed by atoms with E-state index in [0.717, 1.165) is 15.4 Å². The summed E-state index contributed by atoms with van der Waals surface area (Å²) < 4.78 is 28.5. The molecule has 7 nitrogen and oxygen atoms in total. The monoisotopic (exact) mass is 555 g/mol. The van der Waals surface area contributed by atoms with Gasteiger partial charge in [-0.25, -0.2) is 8.42 Å². The molecule has 202 valence electrons. The van der Waals surface area contributed by atoms with Gasteiger partial charge in [0.15, 0.2) is 0 Å². The van der Waals surface area contributed by atoms with Gasteiger partial charge in [-0.15, -0.1) is 0 Å². The van der Waals surface area contributed by atoms with Crippen molar-refractivity contribution in [3.63, 3.8) is 0 Å². The van der Waals surface area contributed by atoms with Crippen LogP contribution in [0.5, 0.6) is 0 Å². The van der Waals surface area contributed by atoms with Crippen molar-refractivity contribution in [3.05, 3.63) is 95.0 Å². The lowest BCUT2D eigenvalue weighted by Crippen LogP contribution is -2.51. The van der Waals surface area contributed by atoms with Crippen LogP contribution >= 0.6 is 11.6 Å². The van der Waals surface area contributed by atoms with Crippen LogP contribution in [0.4, 0.5) is 5.69 Å². The predicted molar refractivity (Wildman–Crippen MR) is 151 cm³/mol. The lowest BCUT2D eigenvalue weighted by Gasteiger charge is -2.32. The number of carbonyl (C=O) groups excluding carboxylic acids is 2. The van der Waals surface area contributed by atoms with Gasteiger partial charge in [-0.2, -0.15) is 0 Å². The van der Waals surface area contributed by atoms with Gasteiger partial charge < -0.3 is 10.2 Å². The largest absolute Gasteiger partial charge is 0.354 e. The summed E-state index contributed by atoms with van der Waals surface area (Å²) in [5.41, 5.74) is 2.02. The van der Waals surface area contributed by atoms with Crippen LogP contribution in [0.25, 0.3) is 0 Å². The predicted octanol–water partition coefficient (Wildman–Crippen LogP) is 5.03. The molecule has 0 heterocycles. The van der Waals surface area contributed by atoms with Gasteiger partial charge in [-0.1, -0.05) is 85.6 Å². The van der Waals surface area contributed by atoms with E-state index >= 15 is 0 Å². The van der Waals surface area contributed by atoms with E-state index in [-0.39, 0.29) is 34.0 Å². The fourth-order valence-electron chi connectivity index (χ4n) is 3.93. The van der Waals surface area contributed by atoms with Crippen LogP contribution in [0.1, 0.15) is 31.9 Å². The molecule has 9 heteroatoms. The second-order valence-electron chi connectivity index (χ2n) is 9.60. The number of hydrogen-bond acceptors (Lipinski definition) is 4. The Hall–Kier alpha value is -3.36. The minimum Gasteiger partial charge on any atom is -0.354 e. The van der Waals surface area contributed by atoms with Crippen molar-refractivity contribution >= 4 is 39.1 Å². The van der Waals surface area contributed by atoms with Crippen molar-refractivity contribution in [3.8, 4) is 0 Å². The normalized spacial score (nSPS) is 12.2. The molecule has 0 bridgehead atoms. The lowest BCUT2D eigenvalue weighted by atomic mass is 10.1. The van der Waals surface area contributed by atoms with Gasteiger partial charge >= 0.3 is 0 Å². The smallest absolute Gasteiger partial charge is 0.264 e. The first-order chi connectivity index (χ1) is 18.0. The summed E-state index contributed by atoms with van der Waals surface area (Å²) in [6, 6.07) is 21.2. The number of sulfonamides is 1. The molecule has 0 aliphatic heterocycles. The van der Waals surface area contributed by atoms with E-state index < -0.39 is 28.5 Å². The summed E-state index contributed by atoms with van der Waals surface area (Å²) in [5, 5.41) is 3.07. The Kier molecular flexibility index (Phi) is 9.94. The molecule has 2 amide bonds. The van der Waals surface area contributed by atoms with E-state index in [1.54, 1.807) is 49.4 Å². The zero-order chi connectivity index (χ0) is 27.9. The minimum absolute atomic E-state index is 0.0284. The van der Waals surface area contributed by atoms with Crippen LogP contribution in [-0.4, -0.2) is 44.3 Å². The molecule has 0 aromatic heterocycles. The highest BCUT2D eigenvalue weighted by molar-refractivity contribution is 7.92. The maximum atomic E-state index is 13.9. The molecule has 3 aromatic carbocycles. The standard InChI is InChI=1S/C29H34ClN3O4S/c1-21(2)18-31-29(35)23(4)32(19-24-12-10-11-22(3)17-24)28(34)20-33(27-16-9-8-15-26(27)30)38(36,37)25-13-6-5-7-14-25/h5-17,21,23H,18-20H2,1-4H3,(H,31,35)/t23-/m1/s1. The molecule has 0 unspecified atom stereocenters. The molecule has 38 heavy (non-hydrogen) atoms. The van der Waals surface area contributed by atoms with E-state index in [9.17, 15) is 18.0 Å². The van der Waals surface area contributed by atoms with E-state index in [1.165, 1.54) is 17.0 Å². The average Bonchev–Trinajstić information content (AvgIpc) is 2.89. The molecule has 0 spiro atoms. The molecule has 3 rings (SSSR count). The second kappa shape index (κ2) is 12.9. The number of nitrogens with zero attached hydrogens (tertiary/aromatic N) is 2. The SMILES string of the molecule is Cc1cccc(CN(C(=O)CN(c2ccccc2Cl)S(=O)(=O)c2ccccc2)[C@H](C)C(=O)NCC(C)C)c1. The Morgan fingerprint density at radius 1 is 0.921 bits per heavy atom. The fourth-order valence-corrected chi connectivity index (χ4v) is 5.67. The number of anilines is 1. The van der Waals surface area contributed by atoms with Gasteiger partial charge in [0, 0.05) is 13.1 Å². The Labute approximate surface area is 230 Å². The number of rotatable bonds is 11. The third-order valence-electron chi connectivity index (χ3n) is 6.02. The molecule has 0 radical (unpaired) electrons. The van der Waals surface area contributed by atoms with Crippen molar-refractivity contribution in [1.82, 2.24) is 10.2 Å². The van der Waals surface area contributed by atoms with E-state index in [0.29, 0.717) is 6.54 Å². The van der Waals surface area contributed by atoms with Crippen LogP contribution in [-0.2, 0) is 26.2 Å². The molecule has 0 fully saturated rings. The third kappa shape index (κ3) is 7.36. The molecule has 3 aromatic rings. The molecule has 0 saturated carbocycles. The molecular formula is C29H34ClN3O4S. The van der Waals surface area contributed by atoms with E-state index in [4.69, 9.17) is 11.6 Å². The Morgan fingerprint density at radius 2 is 1.58 bits per heavy atom. The topological polar surface area (TPSA) is 86.8 Å². The Bertz CT molecular complexity index is 1360. The first-order valence-corrected chi connectivity index (χ1v) is 14.3. The highest BCUT2D eigenvalue weighted by atomic mass is 35.5. The van der Waals surface area contributed by atoms with Gasteiger partial charge in [0.1, 0.15) is 12.6 Å². The van der Waals surface area contributed by atoms with Gasteiger partial charge in [0.2, 0.25) is 11.8 Å². The summed E-state index contributed by atoms with van der Waals surface area (Å²) in [7, 11) is -4.15. The molecule has 0 aliphatic rings. The quantitative estimate of drug-likeness (QED) is 0.359. The highest BCUT2D eigenvalue weighted by Gasteiger charge is 2.33. The van der Waals surface area contributed by atoms with Crippen LogP contribution in [0.15, 0.2) is 83.8 Å². The Morgan fingerprint density at radius 3 is 2.21 bits per heavy atom. The third-order valence-corrected chi connectivity index (χ3v) is 8.11. The van der Waals surface area contributed by atoms with Gasteiger partial charge in [0.25, 0.3) is 10.0 Å². The van der Waals surface area contributed by atoms with Crippen LogP contribution in [0.3, 0.4) is 0 Å². The highest BCUT2D eigenvalue weighted by Crippen LogP contribution is 2.30. The number of amides is 2. The summed E-state index contributed by atoms with van der Waals surface area (Å²) in [4.78, 5) is 28.3. The average molecular weight is 556 g/mol. The van der Waals surface area contributed by atoms with Crippen LogP contribution < -0.4 is 9.62 Å².